The van der Waals surface area contributed by atoms with Crippen molar-refractivity contribution in [3.8, 4) is 0 Å². The van der Waals surface area contributed by atoms with E-state index in [1.165, 1.54) is 16.7 Å². The van der Waals surface area contributed by atoms with Gasteiger partial charge >= 0.3 is 5.97 Å². The summed E-state index contributed by atoms with van der Waals surface area (Å²) in [6.45, 7) is 7.63. The third-order valence-electron chi connectivity index (χ3n) is 2.55. The van der Waals surface area contributed by atoms with Crippen LogP contribution < -0.4 is 0 Å². The SMILES string of the molecule is CC(C)OC(=O)CCN1C(=O)CC(SC(C)C)C1=O. The molecular formula is C13H21NO4S. The van der Waals surface area contributed by atoms with Gasteiger partial charge in [0.1, 0.15) is 0 Å². The van der Waals surface area contributed by atoms with Gasteiger partial charge in [0.05, 0.1) is 17.8 Å². The largest absolute Gasteiger partial charge is 0.463 e. The lowest BCUT2D eigenvalue weighted by atomic mass is 10.3. The number of nitrogens with zero attached hydrogens (tertiary/aromatic N) is 1. The van der Waals surface area contributed by atoms with Crippen LogP contribution in [0.1, 0.15) is 40.5 Å². The first-order chi connectivity index (χ1) is 8.81. The molecule has 5 nitrogen and oxygen atoms in total. The molecule has 108 valence electrons. The Hall–Kier alpha value is -1.04. The third kappa shape index (κ3) is 4.86. The lowest BCUT2D eigenvalue weighted by molar-refractivity contribution is -0.148. The van der Waals surface area contributed by atoms with Crippen LogP contribution in [0.4, 0.5) is 0 Å². The predicted molar refractivity (Wildman–Crippen MR) is 73.7 cm³/mol. The Morgan fingerprint density at radius 1 is 1.37 bits per heavy atom. The Morgan fingerprint density at radius 2 is 2.00 bits per heavy atom. The molecule has 1 saturated heterocycles. The highest BCUT2D eigenvalue weighted by Crippen LogP contribution is 2.28. The van der Waals surface area contributed by atoms with Crippen LogP contribution in [0.5, 0.6) is 0 Å². The fourth-order valence-corrected chi connectivity index (χ4v) is 2.99. The Kier molecular flexibility index (Phi) is 5.85. The average Bonchev–Trinajstić information content (AvgIpc) is 2.50. The van der Waals surface area contributed by atoms with E-state index in [0.29, 0.717) is 5.25 Å². The summed E-state index contributed by atoms with van der Waals surface area (Å²) in [5.74, 6) is -0.753. The summed E-state index contributed by atoms with van der Waals surface area (Å²) < 4.78 is 4.98. The second-order valence-corrected chi connectivity index (χ2v) is 6.83. The molecule has 0 aromatic rings. The van der Waals surface area contributed by atoms with Crippen LogP contribution in [0.25, 0.3) is 0 Å². The quantitative estimate of drug-likeness (QED) is 0.548. The Balaban J connectivity index is 2.48. The van der Waals surface area contributed by atoms with Crippen molar-refractivity contribution >= 4 is 29.5 Å². The zero-order valence-corrected chi connectivity index (χ0v) is 12.7. The molecule has 1 aliphatic heterocycles. The summed E-state index contributed by atoms with van der Waals surface area (Å²) in [5.41, 5.74) is 0. The molecule has 1 unspecified atom stereocenters. The molecule has 0 aromatic heterocycles. The van der Waals surface area contributed by atoms with Crippen LogP contribution in [-0.2, 0) is 19.1 Å². The highest BCUT2D eigenvalue weighted by molar-refractivity contribution is 8.01. The number of rotatable bonds is 6. The number of likely N-dealkylation sites (tertiary alicyclic amines) is 1. The molecule has 0 bridgehead atoms. The zero-order chi connectivity index (χ0) is 14.6. The first-order valence-electron chi connectivity index (χ1n) is 6.50. The number of carbonyl (C=O) groups excluding carboxylic acids is 3. The molecule has 1 aliphatic rings. The molecule has 0 aliphatic carbocycles. The number of ether oxygens (including phenoxy) is 1. The highest BCUT2D eigenvalue weighted by atomic mass is 32.2. The van der Waals surface area contributed by atoms with Gasteiger partial charge < -0.3 is 4.74 Å². The first kappa shape index (κ1) is 16.0. The van der Waals surface area contributed by atoms with Gasteiger partial charge in [-0.15, -0.1) is 11.8 Å². The fourth-order valence-electron chi connectivity index (χ4n) is 1.85. The van der Waals surface area contributed by atoms with Crippen LogP contribution in [0.2, 0.25) is 0 Å². The van der Waals surface area contributed by atoms with Gasteiger partial charge in [-0.3, -0.25) is 19.3 Å². The summed E-state index contributed by atoms with van der Waals surface area (Å²) in [6, 6.07) is 0. The van der Waals surface area contributed by atoms with Crippen molar-refractivity contribution in [1.82, 2.24) is 4.90 Å². The van der Waals surface area contributed by atoms with Crippen LogP contribution in [-0.4, -0.2) is 45.8 Å². The minimum atomic E-state index is -0.379. The topological polar surface area (TPSA) is 63.7 Å². The minimum Gasteiger partial charge on any atom is -0.463 e. The Labute approximate surface area is 118 Å². The molecule has 1 rings (SSSR count). The maximum atomic E-state index is 12.0. The molecule has 1 fully saturated rings. The van der Waals surface area contributed by atoms with Crippen molar-refractivity contribution in [1.29, 1.82) is 0 Å². The number of imide groups is 1. The maximum Gasteiger partial charge on any atom is 0.307 e. The minimum absolute atomic E-state index is 0.0642. The van der Waals surface area contributed by atoms with E-state index in [9.17, 15) is 14.4 Å². The molecule has 0 radical (unpaired) electrons. The molecule has 2 amide bonds. The van der Waals surface area contributed by atoms with Crippen molar-refractivity contribution in [2.24, 2.45) is 0 Å². The summed E-state index contributed by atoms with van der Waals surface area (Å²) in [4.78, 5) is 36.4. The number of thioether (sulfide) groups is 1. The van der Waals surface area contributed by atoms with Gasteiger partial charge in [-0.25, -0.2) is 0 Å². The number of carbonyl (C=O) groups is 3. The van der Waals surface area contributed by atoms with E-state index in [2.05, 4.69) is 0 Å². The lowest BCUT2D eigenvalue weighted by Gasteiger charge is -2.15. The molecule has 0 N–H and O–H groups in total. The zero-order valence-electron chi connectivity index (χ0n) is 11.8. The summed E-state index contributed by atoms with van der Waals surface area (Å²) in [5, 5.41) is 0.00113. The molecule has 1 heterocycles. The molecule has 6 heteroatoms. The average molecular weight is 287 g/mol. The van der Waals surface area contributed by atoms with Gasteiger partial charge in [-0.1, -0.05) is 13.8 Å². The number of hydrogen-bond acceptors (Lipinski definition) is 5. The van der Waals surface area contributed by atoms with Crippen molar-refractivity contribution in [3.63, 3.8) is 0 Å². The maximum absolute atomic E-state index is 12.0. The van der Waals surface area contributed by atoms with Crippen molar-refractivity contribution in [2.75, 3.05) is 6.54 Å². The standard InChI is InChI=1S/C13H21NO4S/c1-8(2)18-12(16)5-6-14-11(15)7-10(13(14)17)19-9(3)4/h8-10H,5-7H2,1-4H3. The van der Waals surface area contributed by atoms with E-state index in [1.807, 2.05) is 13.8 Å². The van der Waals surface area contributed by atoms with E-state index >= 15 is 0 Å². The van der Waals surface area contributed by atoms with Crippen LogP contribution >= 0.6 is 11.8 Å². The van der Waals surface area contributed by atoms with Gasteiger partial charge in [0, 0.05) is 13.0 Å². The molecular weight excluding hydrogens is 266 g/mol. The normalized spacial score (nSPS) is 19.7. The summed E-state index contributed by atoms with van der Waals surface area (Å²) >= 11 is 1.49. The predicted octanol–water partition coefficient (Wildman–Crippen LogP) is 1.60. The second kappa shape index (κ2) is 6.93. The highest BCUT2D eigenvalue weighted by Gasteiger charge is 2.39. The number of amides is 2. The van der Waals surface area contributed by atoms with E-state index in [1.54, 1.807) is 13.8 Å². The van der Waals surface area contributed by atoms with Crippen molar-refractivity contribution in [2.45, 2.75) is 57.1 Å². The summed E-state index contributed by atoms with van der Waals surface area (Å²) in [7, 11) is 0. The molecule has 0 aromatic carbocycles. The Bertz CT molecular complexity index is 368. The number of hydrogen-bond donors (Lipinski definition) is 0. The van der Waals surface area contributed by atoms with Crippen LogP contribution in [0.3, 0.4) is 0 Å². The smallest absolute Gasteiger partial charge is 0.307 e. The van der Waals surface area contributed by atoms with Gasteiger partial charge in [0.25, 0.3) is 0 Å². The molecule has 19 heavy (non-hydrogen) atoms. The van der Waals surface area contributed by atoms with Gasteiger partial charge in [-0.2, -0.15) is 0 Å². The lowest BCUT2D eigenvalue weighted by Crippen LogP contribution is -2.34. The van der Waals surface area contributed by atoms with Crippen LogP contribution in [0, 0.1) is 0 Å². The van der Waals surface area contributed by atoms with E-state index < -0.39 is 0 Å². The molecule has 1 atom stereocenters. The van der Waals surface area contributed by atoms with Crippen molar-refractivity contribution < 1.29 is 19.1 Å². The van der Waals surface area contributed by atoms with Gasteiger partial charge in [-0.05, 0) is 19.1 Å². The third-order valence-corrected chi connectivity index (χ3v) is 3.79. The van der Waals surface area contributed by atoms with Gasteiger partial charge in [0.2, 0.25) is 11.8 Å². The number of esters is 1. The summed E-state index contributed by atoms with van der Waals surface area (Å²) in [6.07, 6.45) is 0.122. The van der Waals surface area contributed by atoms with E-state index in [-0.39, 0.29) is 48.5 Å². The van der Waals surface area contributed by atoms with Gasteiger partial charge in [0.15, 0.2) is 0 Å². The monoisotopic (exact) mass is 287 g/mol. The fraction of sp³-hybridized carbons (Fsp3) is 0.769. The molecule has 0 saturated carbocycles. The van der Waals surface area contributed by atoms with Crippen LogP contribution in [0.15, 0.2) is 0 Å². The van der Waals surface area contributed by atoms with E-state index in [0.717, 1.165) is 0 Å². The molecule has 0 spiro atoms. The van der Waals surface area contributed by atoms with E-state index in [4.69, 9.17) is 4.74 Å². The first-order valence-corrected chi connectivity index (χ1v) is 7.44. The van der Waals surface area contributed by atoms with Crippen molar-refractivity contribution in [3.05, 3.63) is 0 Å². The second-order valence-electron chi connectivity index (χ2n) is 5.05. The Morgan fingerprint density at radius 3 is 2.53 bits per heavy atom.